The quantitative estimate of drug-likeness (QED) is 0.669. The van der Waals surface area contributed by atoms with Crippen molar-refractivity contribution in [2.24, 2.45) is 0 Å². The highest BCUT2D eigenvalue weighted by molar-refractivity contribution is 7.99. The summed E-state index contributed by atoms with van der Waals surface area (Å²) < 4.78 is 42.1. The first-order valence-corrected chi connectivity index (χ1v) is 10.5. The first kappa shape index (κ1) is 20.3. The molecule has 1 spiro atoms. The van der Waals surface area contributed by atoms with E-state index in [0.717, 1.165) is 11.5 Å². The minimum absolute atomic E-state index is 0.0169. The zero-order valence-electron chi connectivity index (χ0n) is 14.7. The standard InChI is InChI=1S/C18H14Cl2F2N2O4S/c19-10-7-23-8-11(20)13(10)24-16(25)9-1-2-12(26-17(21)22)15-14(9)27-18(28-15)3-5-29-6-4-18/h1-2,7-8,17H,3-6H2,(H,23,24,25). The number of nitrogens with zero attached hydrogens (tertiary/aromatic N) is 1. The molecule has 0 unspecified atom stereocenters. The van der Waals surface area contributed by atoms with Gasteiger partial charge in [0.05, 0.1) is 21.3 Å². The maximum atomic E-state index is 12.9. The van der Waals surface area contributed by atoms with Gasteiger partial charge in [0.15, 0.2) is 11.5 Å². The normalized spacial score (nSPS) is 16.9. The first-order chi connectivity index (χ1) is 13.9. The van der Waals surface area contributed by atoms with Gasteiger partial charge in [0.25, 0.3) is 11.7 Å². The number of hydrogen-bond donors (Lipinski definition) is 1. The van der Waals surface area contributed by atoms with Crippen LogP contribution in [0.1, 0.15) is 23.2 Å². The number of carbonyl (C=O) groups excluding carboxylic acids is 1. The third kappa shape index (κ3) is 4.04. The molecule has 1 saturated heterocycles. The summed E-state index contributed by atoms with van der Waals surface area (Å²) in [5.41, 5.74) is 0.262. The van der Waals surface area contributed by atoms with Gasteiger partial charge in [-0.3, -0.25) is 9.78 Å². The lowest BCUT2D eigenvalue weighted by Crippen LogP contribution is -2.42. The number of halogens is 4. The number of amides is 1. The van der Waals surface area contributed by atoms with Crippen LogP contribution in [0.15, 0.2) is 24.5 Å². The second-order valence-corrected chi connectivity index (χ2v) is 8.35. The number of pyridine rings is 1. The summed E-state index contributed by atoms with van der Waals surface area (Å²) >= 11 is 13.8. The number of ether oxygens (including phenoxy) is 3. The van der Waals surface area contributed by atoms with Gasteiger partial charge in [-0.2, -0.15) is 20.5 Å². The lowest BCUT2D eigenvalue weighted by Gasteiger charge is -2.31. The highest BCUT2D eigenvalue weighted by Gasteiger charge is 2.46. The van der Waals surface area contributed by atoms with Gasteiger partial charge in [0.2, 0.25) is 5.75 Å². The van der Waals surface area contributed by atoms with E-state index < -0.39 is 18.3 Å². The van der Waals surface area contributed by atoms with Gasteiger partial charge in [-0.1, -0.05) is 23.2 Å². The third-order valence-corrected chi connectivity index (χ3v) is 6.02. The SMILES string of the molecule is O=C(Nc1c(Cl)cncc1Cl)c1ccc(OC(F)F)c2c1OC1(CCSCC1)O2. The van der Waals surface area contributed by atoms with Crippen molar-refractivity contribution in [3.63, 3.8) is 0 Å². The Hall–Kier alpha value is -1.97. The van der Waals surface area contributed by atoms with Crippen molar-refractivity contribution in [2.45, 2.75) is 25.2 Å². The Kier molecular flexibility index (Phi) is 5.63. The minimum atomic E-state index is -3.05. The maximum Gasteiger partial charge on any atom is 0.387 e. The van der Waals surface area contributed by atoms with Crippen LogP contribution < -0.4 is 19.5 Å². The van der Waals surface area contributed by atoms with E-state index in [1.807, 2.05) is 0 Å². The molecule has 0 atom stereocenters. The average Bonchev–Trinajstić information content (AvgIpc) is 3.04. The zero-order chi connectivity index (χ0) is 20.6. The third-order valence-electron chi connectivity index (χ3n) is 4.46. The Bertz CT molecular complexity index is 937. The number of anilines is 1. The predicted octanol–water partition coefficient (Wildman–Crippen LogP) is 5.24. The van der Waals surface area contributed by atoms with Gasteiger partial charge in [0, 0.05) is 36.7 Å². The lowest BCUT2D eigenvalue weighted by atomic mass is 10.1. The van der Waals surface area contributed by atoms with E-state index in [-0.39, 0.29) is 38.5 Å². The molecule has 1 aromatic heterocycles. The monoisotopic (exact) mass is 462 g/mol. The summed E-state index contributed by atoms with van der Waals surface area (Å²) in [5, 5.41) is 2.91. The molecule has 0 radical (unpaired) electrons. The van der Waals surface area contributed by atoms with Crippen LogP contribution in [0.5, 0.6) is 17.2 Å². The smallest absolute Gasteiger partial charge is 0.387 e. The number of aromatic nitrogens is 1. The fourth-order valence-electron chi connectivity index (χ4n) is 3.10. The van der Waals surface area contributed by atoms with Gasteiger partial charge in [0.1, 0.15) is 0 Å². The molecule has 0 bridgehead atoms. The highest BCUT2D eigenvalue weighted by Crippen LogP contribution is 2.52. The van der Waals surface area contributed by atoms with E-state index in [1.165, 1.54) is 24.5 Å². The molecule has 1 amide bonds. The molecule has 0 aliphatic carbocycles. The number of carbonyl (C=O) groups is 1. The number of rotatable bonds is 4. The molecule has 2 aromatic rings. The lowest BCUT2D eigenvalue weighted by molar-refractivity contribution is -0.0894. The van der Waals surface area contributed by atoms with E-state index in [2.05, 4.69) is 15.0 Å². The fourth-order valence-corrected chi connectivity index (χ4v) is 4.68. The first-order valence-electron chi connectivity index (χ1n) is 8.56. The van der Waals surface area contributed by atoms with Crippen LogP contribution in [0.4, 0.5) is 14.5 Å². The Balaban J connectivity index is 1.70. The molecule has 4 rings (SSSR count). The van der Waals surface area contributed by atoms with Crippen LogP contribution in [0.2, 0.25) is 10.0 Å². The Labute approximate surface area is 178 Å². The van der Waals surface area contributed by atoms with Crippen molar-refractivity contribution in [3.05, 3.63) is 40.1 Å². The molecule has 3 heterocycles. The predicted molar refractivity (Wildman–Crippen MR) is 106 cm³/mol. The van der Waals surface area contributed by atoms with Crippen LogP contribution in [0, 0.1) is 0 Å². The molecule has 29 heavy (non-hydrogen) atoms. The second-order valence-electron chi connectivity index (χ2n) is 6.31. The largest absolute Gasteiger partial charge is 0.447 e. The summed E-state index contributed by atoms with van der Waals surface area (Å²) in [6.07, 6.45) is 3.76. The molecular weight excluding hydrogens is 449 g/mol. The van der Waals surface area contributed by atoms with Crippen molar-refractivity contribution >= 4 is 46.6 Å². The second kappa shape index (κ2) is 8.04. The van der Waals surface area contributed by atoms with E-state index in [4.69, 9.17) is 32.7 Å². The molecule has 1 aromatic carbocycles. The molecule has 2 aliphatic rings. The van der Waals surface area contributed by atoms with Crippen molar-refractivity contribution in [1.29, 1.82) is 0 Å². The van der Waals surface area contributed by atoms with E-state index in [0.29, 0.717) is 12.8 Å². The van der Waals surface area contributed by atoms with E-state index in [9.17, 15) is 13.6 Å². The molecular formula is C18H14Cl2F2N2O4S. The molecule has 154 valence electrons. The van der Waals surface area contributed by atoms with Crippen LogP contribution in [0.3, 0.4) is 0 Å². The van der Waals surface area contributed by atoms with Crippen molar-refractivity contribution < 1.29 is 27.8 Å². The van der Waals surface area contributed by atoms with Crippen LogP contribution in [0.25, 0.3) is 0 Å². The summed E-state index contributed by atoms with van der Waals surface area (Å²) in [6.45, 7) is -3.05. The summed E-state index contributed by atoms with van der Waals surface area (Å²) in [7, 11) is 0. The molecule has 11 heteroatoms. The number of benzene rings is 1. The number of alkyl halides is 2. The van der Waals surface area contributed by atoms with Crippen LogP contribution in [-0.4, -0.2) is 34.8 Å². The average molecular weight is 463 g/mol. The number of nitrogens with one attached hydrogen (secondary N) is 1. The molecule has 2 aliphatic heterocycles. The van der Waals surface area contributed by atoms with Gasteiger partial charge in [-0.05, 0) is 12.1 Å². The van der Waals surface area contributed by atoms with Gasteiger partial charge in [-0.15, -0.1) is 0 Å². The van der Waals surface area contributed by atoms with Gasteiger partial charge < -0.3 is 19.5 Å². The van der Waals surface area contributed by atoms with E-state index in [1.54, 1.807) is 11.8 Å². The number of fused-ring (bicyclic) bond motifs is 1. The minimum Gasteiger partial charge on any atom is -0.447 e. The summed E-state index contributed by atoms with van der Waals surface area (Å²) in [4.78, 5) is 16.7. The Morgan fingerprint density at radius 2 is 1.83 bits per heavy atom. The number of thioether (sulfide) groups is 1. The number of hydrogen-bond acceptors (Lipinski definition) is 6. The Morgan fingerprint density at radius 3 is 2.48 bits per heavy atom. The Morgan fingerprint density at radius 1 is 1.17 bits per heavy atom. The van der Waals surface area contributed by atoms with Crippen LogP contribution in [-0.2, 0) is 0 Å². The fraction of sp³-hybridized carbons (Fsp3) is 0.333. The van der Waals surface area contributed by atoms with Crippen molar-refractivity contribution in [1.82, 2.24) is 4.98 Å². The van der Waals surface area contributed by atoms with Gasteiger partial charge in [-0.25, -0.2) is 0 Å². The topological polar surface area (TPSA) is 69.7 Å². The van der Waals surface area contributed by atoms with Crippen molar-refractivity contribution in [2.75, 3.05) is 16.8 Å². The highest BCUT2D eigenvalue weighted by atomic mass is 35.5. The summed E-state index contributed by atoms with van der Waals surface area (Å²) in [6, 6.07) is 2.57. The molecule has 6 nitrogen and oxygen atoms in total. The molecule has 0 saturated carbocycles. The zero-order valence-corrected chi connectivity index (χ0v) is 17.0. The maximum absolute atomic E-state index is 12.9. The van der Waals surface area contributed by atoms with E-state index >= 15 is 0 Å². The van der Waals surface area contributed by atoms with Crippen molar-refractivity contribution in [3.8, 4) is 17.2 Å². The van der Waals surface area contributed by atoms with Crippen LogP contribution >= 0.6 is 35.0 Å². The molecule has 1 N–H and O–H groups in total. The molecule has 1 fully saturated rings. The summed E-state index contributed by atoms with van der Waals surface area (Å²) in [5.74, 6) is -0.195. The van der Waals surface area contributed by atoms with Gasteiger partial charge >= 0.3 is 6.61 Å².